The van der Waals surface area contributed by atoms with Crippen molar-refractivity contribution in [2.24, 2.45) is 0 Å². The first-order valence-electron chi connectivity index (χ1n) is 12.2. The molecule has 1 saturated heterocycles. The number of rotatable bonds is 8. The fraction of sp³-hybridized carbons (Fsp3) is 0.462. The molecule has 9 nitrogen and oxygen atoms in total. The summed E-state index contributed by atoms with van der Waals surface area (Å²) in [4.78, 5) is 17.3. The topological polar surface area (TPSA) is 127 Å². The summed E-state index contributed by atoms with van der Waals surface area (Å²) >= 11 is 0. The lowest BCUT2D eigenvalue weighted by Crippen LogP contribution is -2.32. The largest absolute Gasteiger partial charge is 0.444 e. The number of nitrogens with zero attached hydrogens (tertiary/aromatic N) is 2. The number of benzene rings is 1. The van der Waals surface area contributed by atoms with E-state index in [0.29, 0.717) is 53.7 Å². The van der Waals surface area contributed by atoms with Gasteiger partial charge in [0.05, 0.1) is 22.8 Å². The number of nitrogens with one attached hydrogen (secondary N) is 1. The Bertz CT molecular complexity index is 1410. The first-order chi connectivity index (χ1) is 17.3. The van der Waals surface area contributed by atoms with Crippen molar-refractivity contribution in [1.82, 2.24) is 10.3 Å². The standard InChI is InChI=1S/C26H35N3O6S2/c1-18-10-12-21(13-11-18)24-23(26(30)27-4)19(2)16-20(3)25(28-17-35-24)29(36(5,31)32)14-6-8-22-9-7-15-37(22,33)34/h10-13,16-17,22H,6-9,14-15H2,1-5H3,(H,27,30). The first-order valence-corrected chi connectivity index (χ1v) is 15.7. The molecule has 1 unspecified atom stereocenters. The van der Waals surface area contributed by atoms with Gasteiger partial charge in [0.15, 0.2) is 16.2 Å². The predicted molar refractivity (Wildman–Crippen MR) is 145 cm³/mol. The molecule has 1 aromatic heterocycles. The number of sulfone groups is 1. The lowest BCUT2D eigenvalue weighted by Gasteiger charge is -2.22. The third-order valence-electron chi connectivity index (χ3n) is 6.51. The van der Waals surface area contributed by atoms with Crippen molar-refractivity contribution in [1.29, 1.82) is 0 Å². The van der Waals surface area contributed by atoms with E-state index < -0.39 is 25.1 Å². The van der Waals surface area contributed by atoms with Gasteiger partial charge in [0.2, 0.25) is 10.0 Å². The number of anilines is 1. The van der Waals surface area contributed by atoms with E-state index in [-0.39, 0.29) is 24.0 Å². The second-order valence-corrected chi connectivity index (χ2v) is 13.8. The molecule has 0 aliphatic carbocycles. The second kappa shape index (κ2) is 11.6. The van der Waals surface area contributed by atoms with Crippen molar-refractivity contribution in [3.8, 4) is 11.3 Å². The molecule has 3 rings (SSSR count). The molecule has 2 aromatic rings. The van der Waals surface area contributed by atoms with Crippen molar-refractivity contribution in [2.45, 2.75) is 51.7 Å². The van der Waals surface area contributed by atoms with Gasteiger partial charge < -0.3 is 9.73 Å². The Hall–Kier alpha value is -2.92. The van der Waals surface area contributed by atoms with Crippen LogP contribution in [-0.4, -0.2) is 58.6 Å². The van der Waals surface area contributed by atoms with Gasteiger partial charge in [-0.15, -0.1) is 0 Å². The van der Waals surface area contributed by atoms with Crippen LogP contribution in [0.25, 0.3) is 11.3 Å². The summed E-state index contributed by atoms with van der Waals surface area (Å²) in [6.45, 7) is 5.50. The number of sulfonamides is 1. The third kappa shape index (κ3) is 6.89. The summed E-state index contributed by atoms with van der Waals surface area (Å²) < 4.78 is 57.1. The van der Waals surface area contributed by atoms with Gasteiger partial charge >= 0.3 is 0 Å². The highest BCUT2D eigenvalue weighted by molar-refractivity contribution is 7.92. The predicted octanol–water partition coefficient (Wildman–Crippen LogP) is 3.87. The Kier molecular flexibility index (Phi) is 9.01. The molecule has 1 atom stereocenters. The molecule has 1 aliphatic heterocycles. The van der Waals surface area contributed by atoms with Gasteiger partial charge in [-0.2, -0.15) is 0 Å². The molecule has 1 fully saturated rings. The number of aryl methyl sites for hydroxylation is 3. The zero-order valence-electron chi connectivity index (χ0n) is 21.9. The van der Waals surface area contributed by atoms with Gasteiger partial charge in [0, 0.05) is 19.2 Å². The van der Waals surface area contributed by atoms with E-state index in [1.54, 1.807) is 19.9 Å². The van der Waals surface area contributed by atoms with Crippen LogP contribution in [0, 0.1) is 20.8 Å². The van der Waals surface area contributed by atoms with E-state index in [9.17, 15) is 21.6 Å². The van der Waals surface area contributed by atoms with Crippen molar-refractivity contribution in [3.63, 3.8) is 0 Å². The highest BCUT2D eigenvalue weighted by Gasteiger charge is 2.31. The van der Waals surface area contributed by atoms with Crippen LogP contribution in [-0.2, 0) is 19.9 Å². The van der Waals surface area contributed by atoms with E-state index in [2.05, 4.69) is 10.3 Å². The number of hydrogen-bond donors (Lipinski definition) is 1. The Labute approximate surface area is 219 Å². The molecule has 1 aromatic carbocycles. The Morgan fingerprint density at radius 3 is 2.41 bits per heavy atom. The van der Waals surface area contributed by atoms with Crippen LogP contribution >= 0.6 is 0 Å². The highest BCUT2D eigenvalue weighted by atomic mass is 32.2. The molecular weight excluding hydrogens is 514 g/mol. The molecule has 1 aliphatic rings. The van der Waals surface area contributed by atoms with Crippen molar-refractivity contribution in [2.75, 3.05) is 29.9 Å². The average Bonchev–Trinajstić information content (AvgIpc) is 3.18. The SMILES string of the molecule is CNC(=O)c1c(C)cc(C)c(N(CCCC2CCCS2(=O)=O)S(C)(=O)=O)ncoc1-c1ccc(C)cc1. The lowest BCUT2D eigenvalue weighted by atomic mass is 10.0. The number of carbonyl (C=O) groups is 1. The Morgan fingerprint density at radius 2 is 1.84 bits per heavy atom. The van der Waals surface area contributed by atoms with E-state index in [1.807, 2.05) is 31.2 Å². The minimum absolute atomic E-state index is 0.0717. The summed E-state index contributed by atoms with van der Waals surface area (Å²) in [5.41, 5.74) is 3.10. The Balaban J connectivity index is 2.11. The maximum Gasteiger partial charge on any atom is 0.255 e. The Morgan fingerprint density at radius 1 is 1.16 bits per heavy atom. The zero-order valence-corrected chi connectivity index (χ0v) is 23.6. The monoisotopic (exact) mass is 549 g/mol. The van der Waals surface area contributed by atoms with Gasteiger partial charge in [0.25, 0.3) is 5.91 Å². The fourth-order valence-corrected chi connectivity index (χ4v) is 7.51. The highest BCUT2D eigenvalue weighted by Crippen LogP contribution is 2.28. The van der Waals surface area contributed by atoms with Crippen LogP contribution in [0.4, 0.5) is 5.82 Å². The maximum absolute atomic E-state index is 12.9. The molecule has 1 N–H and O–H groups in total. The summed E-state index contributed by atoms with van der Waals surface area (Å²) in [6, 6.07) is 9.20. The molecular formula is C26H35N3O6S2. The van der Waals surface area contributed by atoms with Gasteiger partial charge in [-0.3, -0.25) is 9.10 Å². The van der Waals surface area contributed by atoms with Gasteiger partial charge in [0.1, 0.15) is 11.6 Å². The van der Waals surface area contributed by atoms with E-state index >= 15 is 0 Å². The quantitative estimate of drug-likeness (QED) is 0.529. The second-order valence-electron chi connectivity index (χ2n) is 9.44. The van der Waals surface area contributed by atoms with Crippen LogP contribution < -0.4 is 9.62 Å². The average molecular weight is 550 g/mol. The number of hydrogen-bond acceptors (Lipinski definition) is 7. The lowest BCUT2D eigenvalue weighted by molar-refractivity contribution is 0.0961. The van der Waals surface area contributed by atoms with E-state index in [1.165, 1.54) is 11.4 Å². The minimum atomic E-state index is -3.75. The van der Waals surface area contributed by atoms with Crippen molar-refractivity contribution >= 4 is 31.6 Å². The molecule has 0 spiro atoms. The fourth-order valence-electron chi connectivity index (χ4n) is 4.59. The van der Waals surface area contributed by atoms with Crippen LogP contribution in [0.1, 0.15) is 52.7 Å². The first kappa shape index (κ1) is 28.6. The van der Waals surface area contributed by atoms with E-state index in [4.69, 9.17) is 4.42 Å². The van der Waals surface area contributed by atoms with Crippen LogP contribution in [0.2, 0.25) is 0 Å². The smallest absolute Gasteiger partial charge is 0.255 e. The van der Waals surface area contributed by atoms with Gasteiger partial charge in [-0.1, -0.05) is 35.9 Å². The van der Waals surface area contributed by atoms with Crippen molar-refractivity contribution < 1.29 is 26.0 Å². The summed E-state index contributed by atoms with van der Waals surface area (Å²) in [6.07, 6.45) is 4.22. The van der Waals surface area contributed by atoms with Crippen LogP contribution in [0.5, 0.6) is 0 Å². The van der Waals surface area contributed by atoms with Crippen LogP contribution in [0.3, 0.4) is 0 Å². The molecule has 202 valence electrons. The molecule has 0 bridgehead atoms. The number of amides is 1. The normalized spacial score (nSPS) is 16.7. The third-order valence-corrected chi connectivity index (χ3v) is 10.0. The molecule has 1 amide bonds. The van der Waals surface area contributed by atoms with Crippen LogP contribution in [0.15, 0.2) is 41.1 Å². The summed E-state index contributed by atoms with van der Waals surface area (Å²) in [5, 5.41) is 2.21. The summed E-state index contributed by atoms with van der Waals surface area (Å²) in [7, 11) is -5.34. The molecule has 37 heavy (non-hydrogen) atoms. The molecule has 11 heteroatoms. The molecule has 2 heterocycles. The summed E-state index contributed by atoms with van der Waals surface area (Å²) in [5.74, 6) is 0.278. The number of carbonyl (C=O) groups excluding carboxylic acids is 1. The van der Waals surface area contributed by atoms with Gasteiger partial charge in [-0.25, -0.2) is 21.8 Å². The molecule has 0 saturated carbocycles. The molecule has 0 radical (unpaired) electrons. The number of aromatic nitrogens is 1. The minimum Gasteiger partial charge on any atom is -0.444 e. The van der Waals surface area contributed by atoms with Crippen molar-refractivity contribution in [3.05, 3.63) is 59.0 Å². The van der Waals surface area contributed by atoms with Gasteiger partial charge in [-0.05, 0) is 57.6 Å². The maximum atomic E-state index is 12.9. The zero-order chi connectivity index (χ0) is 27.4. The van der Waals surface area contributed by atoms with E-state index in [0.717, 1.165) is 18.2 Å².